The van der Waals surface area contributed by atoms with Gasteiger partial charge in [0, 0.05) is 26.3 Å². The number of anilines is 1. The second-order valence-electron chi connectivity index (χ2n) is 5.59. The van der Waals surface area contributed by atoms with Gasteiger partial charge in [-0.05, 0) is 29.5 Å². The molecule has 2 rings (SSSR count). The molecule has 98 valence electrons. The van der Waals surface area contributed by atoms with Gasteiger partial charge in [0.2, 0.25) is 5.91 Å². The number of benzene rings is 1. The van der Waals surface area contributed by atoms with E-state index < -0.39 is 0 Å². The van der Waals surface area contributed by atoms with E-state index in [9.17, 15) is 4.79 Å². The number of fused-ring (bicyclic) bond motifs is 1. The molecule has 1 N–H and O–H groups in total. The second kappa shape index (κ2) is 5.01. The molecule has 3 heteroatoms. The van der Waals surface area contributed by atoms with E-state index in [1.807, 2.05) is 14.1 Å². The molecule has 0 radical (unpaired) electrons. The predicted molar refractivity (Wildman–Crippen MR) is 74.9 cm³/mol. The molecule has 0 fully saturated rings. The van der Waals surface area contributed by atoms with Crippen LogP contribution in [-0.2, 0) is 11.2 Å². The molecule has 1 aromatic carbocycles. The van der Waals surface area contributed by atoms with Gasteiger partial charge in [0.1, 0.15) is 0 Å². The van der Waals surface area contributed by atoms with Crippen molar-refractivity contribution in [3.63, 3.8) is 0 Å². The highest BCUT2D eigenvalue weighted by molar-refractivity contribution is 5.80. The lowest BCUT2D eigenvalue weighted by Gasteiger charge is -2.28. The van der Waals surface area contributed by atoms with Gasteiger partial charge in [0.05, 0.1) is 5.92 Å². The lowest BCUT2D eigenvalue weighted by molar-refractivity contribution is -0.132. The summed E-state index contributed by atoms with van der Waals surface area (Å²) in [5, 5.41) is 3.37. The first-order chi connectivity index (χ1) is 8.49. The van der Waals surface area contributed by atoms with E-state index in [-0.39, 0.29) is 11.8 Å². The van der Waals surface area contributed by atoms with Gasteiger partial charge >= 0.3 is 0 Å². The standard InChI is InChI=1S/C15H22N2O/c1-10(2)11-5-6-14-12(7-11)8-13(9-16-14)15(18)17(3)4/h5-7,10,13,16H,8-9H2,1-4H3. The summed E-state index contributed by atoms with van der Waals surface area (Å²) < 4.78 is 0. The summed E-state index contributed by atoms with van der Waals surface area (Å²) in [6.07, 6.45) is 0.847. The van der Waals surface area contributed by atoms with Gasteiger partial charge in [-0.2, -0.15) is 0 Å². The van der Waals surface area contributed by atoms with Crippen LogP contribution in [0.1, 0.15) is 30.9 Å². The largest absolute Gasteiger partial charge is 0.384 e. The number of carbonyl (C=O) groups is 1. The third-order valence-electron chi connectivity index (χ3n) is 3.59. The minimum atomic E-state index is 0.0647. The van der Waals surface area contributed by atoms with Crippen LogP contribution in [-0.4, -0.2) is 31.4 Å². The van der Waals surface area contributed by atoms with Crippen molar-refractivity contribution in [3.8, 4) is 0 Å². The monoisotopic (exact) mass is 246 g/mol. The van der Waals surface area contributed by atoms with Crippen molar-refractivity contribution in [2.24, 2.45) is 5.92 Å². The van der Waals surface area contributed by atoms with Gasteiger partial charge in [-0.1, -0.05) is 26.0 Å². The van der Waals surface area contributed by atoms with Crippen LogP contribution in [0.4, 0.5) is 5.69 Å². The van der Waals surface area contributed by atoms with Crippen molar-refractivity contribution < 1.29 is 4.79 Å². The maximum absolute atomic E-state index is 12.0. The fraction of sp³-hybridized carbons (Fsp3) is 0.533. The highest BCUT2D eigenvalue weighted by Gasteiger charge is 2.25. The Morgan fingerprint density at radius 1 is 1.39 bits per heavy atom. The summed E-state index contributed by atoms with van der Waals surface area (Å²) in [4.78, 5) is 13.7. The number of nitrogens with one attached hydrogen (secondary N) is 1. The van der Waals surface area contributed by atoms with E-state index in [0.717, 1.165) is 13.0 Å². The fourth-order valence-corrected chi connectivity index (χ4v) is 2.42. The van der Waals surface area contributed by atoms with Crippen molar-refractivity contribution in [2.75, 3.05) is 26.0 Å². The molecule has 1 aromatic rings. The number of hydrogen-bond acceptors (Lipinski definition) is 2. The van der Waals surface area contributed by atoms with Crippen molar-refractivity contribution >= 4 is 11.6 Å². The zero-order valence-electron chi connectivity index (χ0n) is 11.7. The molecular weight excluding hydrogens is 224 g/mol. The van der Waals surface area contributed by atoms with E-state index >= 15 is 0 Å². The average molecular weight is 246 g/mol. The molecule has 0 bridgehead atoms. The van der Waals surface area contributed by atoms with Crippen LogP contribution in [0.2, 0.25) is 0 Å². The van der Waals surface area contributed by atoms with Crippen LogP contribution in [0.15, 0.2) is 18.2 Å². The summed E-state index contributed by atoms with van der Waals surface area (Å²) in [6, 6.07) is 6.55. The normalized spacial score (nSPS) is 18.2. The van der Waals surface area contributed by atoms with E-state index in [2.05, 4.69) is 37.4 Å². The molecule has 1 aliphatic heterocycles. The van der Waals surface area contributed by atoms with Crippen LogP contribution < -0.4 is 5.32 Å². The van der Waals surface area contributed by atoms with Gasteiger partial charge in [-0.15, -0.1) is 0 Å². The molecule has 1 aliphatic rings. The zero-order valence-corrected chi connectivity index (χ0v) is 11.7. The SMILES string of the molecule is CC(C)c1ccc2c(c1)CC(C(=O)N(C)C)CN2. The van der Waals surface area contributed by atoms with Gasteiger partial charge in [-0.3, -0.25) is 4.79 Å². The minimum Gasteiger partial charge on any atom is -0.384 e. The van der Waals surface area contributed by atoms with Crippen molar-refractivity contribution in [3.05, 3.63) is 29.3 Å². The molecular formula is C15H22N2O. The van der Waals surface area contributed by atoms with Crippen LogP contribution in [0.3, 0.4) is 0 Å². The summed E-state index contributed by atoms with van der Waals surface area (Å²) in [5.41, 5.74) is 3.79. The Balaban J connectivity index is 2.22. The first-order valence-corrected chi connectivity index (χ1v) is 6.57. The summed E-state index contributed by atoms with van der Waals surface area (Å²) in [7, 11) is 3.64. The van der Waals surface area contributed by atoms with E-state index in [1.54, 1.807) is 4.90 Å². The van der Waals surface area contributed by atoms with Gasteiger partial charge < -0.3 is 10.2 Å². The van der Waals surface area contributed by atoms with Crippen LogP contribution in [0.25, 0.3) is 0 Å². The number of hydrogen-bond donors (Lipinski definition) is 1. The van der Waals surface area contributed by atoms with Gasteiger partial charge in [0.25, 0.3) is 0 Å². The van der Waals surface area contributed by atoms with Crippen molar-refractivity contribution in [1.82, 2.24) is 4.90 Å². The van der Waals surface area contributed by atoms with Crippen LogP contribution in [0, 0.1) is 5.92 Å². The highest BCUT2D eigenvalue weighted by Crippen LogP contribution is 2.28. The van der Waals surface area contributed by atoms with Gasteiger partial charge in [0.15, 0.2) is 0 Å². The zero-order chi connectivity index (χ0) is 13.3. The molecule has 3 nitrogen and oxygen atoms in total. The molecule has 0 saturated heterocycles. The lowest BCUT2D eigenvalue weighted by Crippen LogP contribution is -2.37. The Labute approximate surface area is 109 Å². The summed E-state index contributed by atoms with van der Waals surface area (Å²) >= 11 is 0. The maximum Gasteiger partial charge on any atom is 0.227 e. The summed E-state index contributed by atoms with van der Waals surface area (Å²) in [5.74, 6) is 0.804. The van der Waals surface area contributed by atoms with E-state index in [0.29, 0.717) is 5.92 Å². The maximum atomic E-state index is 12.0. The number of nitrogens with zero attached hydrogens (tertiary/aromatic N) is 1. The lowest BCUT2D eigenvalue weighted by atomic mass is 9.90. The second-order valence-corrected chi connectivity index (χ2v) is 5.59. The third kappa shape index (κ3) is 2.50. The Hall–Kier alpha value is -1.51. The highest BCUT2D eigenvalue weighted by atomic mass is 16.2. The van der Waals surface area contributed by atoms with Crippen LogP contribution >= 0.6 is 0 Å². The summed E-state index contributed by atoms with van der Waals surface area (Å²) in [6.45, 7) is 5.13. The molecule has 0 aromatic heterocycles. The fourth-order valence-electron chi connectivity index (χ4n) is 2.42. The predicted octanol–water partition coefficient (Wildman–Crippen LogP) is 2.48. The Kier molecular flexibility index (Phi) is 3.60. The van der Waals surface area contributed by atoms with E-state index in [1.165, 1.54) is 16.8 Å². The molecule has 1 heterocycles. The minimum absolute atomic E-state index is 0.0647. The first kappa shape index (κ1) is 12.9. The first-order valence-electron chi connectivity index (χ1n) is 6.57. The Bertz CT molecular complexity index is 452. The smallest absolute Gasteiger partial charge is 0.227 e. The Morgan fingerprint density at radius 3 is 2.72 bits per heavy atom. The third-order valence-corrected chi connectivity index (χ3v) is 3.59. The molecule has 1 amide bonds. The molecule has 0 spiro atoms. The number of amides is 1. The molecule has 1 unspecified atom stereocenters. The number of rotatable bonds is 2. The molecule has 0 saturated carbocycles. The average Bonchev–Trinajstić information content (AvgIpc) is 2.36. The Morgan fingerprint density at radius 2 is 2.11 bits per heavy atom. The quantitative estimate of drug-likeness (QED) is 0.869. The van der Waals surface area contributed by atoms with Crippen molar-refractivity contribution in [2.45, 2.75) is 26.2 Å². The topological polar surface area (TPSA) is 32.3 Å². The molecule has 1 atom stereocenters. The van der Waals surface area contributed by atoms with Gasteiger partial charge in [-0.25, -0.2) is 0 Å². The molecule has 0 aliphatic carbocycles. The number of carbonyl (C=O) groups excluding carboxylic acids is 1. The molecule has 18 heavy (non-hydrogen) atoms. The van der Waals surface area contributed by atoms with Crippen molar-refractivity contribution in [1.29, 1.82) is 0 Å². The van der Waals surface area contributed by atoms with Crippen LogP contribution in [0.5, 0.6) is 0 Å². The van der Waals surface area contributed by atoms with E-state index in [4.69, 9.17) is 0 Å².